The van der Waals surface area contributed by atoms with E-state index >= 15 is 0 Å². The molecule has 0 aliphatic rings. The van der Waals surface area contributed by atoms with Gasteiger partial charge in [0.15, 0.2) is 0 Å². The van der Waals surface area contributed by atoms with Crippen molar-refractivity contribution in [3.63, 3.8) is 0 Å². The molecule has 28 heavy (non-hydrogen) atoms. The van der Waals surface area contributed by atoms with Crippen molar-refractivity contribution < 1.29 is 4.79 Å². The van der Waals surface area contributed by atoms with Gasteiger partial charge in [-0.3, -0.25) is 4.79 Å². The summed E-state index contributed by atoms with van der Waals surface area (Å²) < 4.78 is 2.14. The standard InChI is InChI=1S/C23H28N4O/c1-16(2)22-25-12-13-27(22)15-18-8-7-11-20(14-18)26-23(28)17(3)21(24)19-9-5-4-6-10-19/h4-14,16-17,21H,15,24H2,1-3H3,(H,26,28). The summed E-state index contributed by atoms with van der Waals surface area (Å²) in [4.78, 5) is 17.1. The Bertz CT molecular complexity index is 917. The first-order valence-electron chi connectivity index (χ1n) is 9.67. The Hall–Kier alpha value is -2.92. The Morgan fingerprint density at radius 2 is 1.86 bits per heavy atom. The van der Waals surface area contributed by atoms with Gasteiger partial charge in [0.25, 0.3) is 0 Å². The van der Waals surface area contributed by atoms with Crippen LogP contribution in [-0.2, 0) is 11.3 Å². The Balaban J connectivity index is 1.68. The molecule has 0 aliphatic carbocycles. The van der Waals surface area contributed by atoms with Crippen molar-refractivity contribution in [3.8, 4) is 0 Å². The molecule has 0 fully saturated rings. The molecule has 0 spiro atoms. The first-order chi connectivity index (χ1) is 13.5. The molecular weight excluding hydrogens is 348 g/mol. The molecular formula is C23H28N4O. The minimum Gasteiger partial charge on any atom is -0.330 e. The van der Waals surface area contributed by atoms with Crippen LogP contribution < -0.4 is 11.1 Å². The summed E-state index contributed by atoms with van der Waals surface area (Å²) in [6.07, 6.45) is 3.81. The zero-order valence-electron chi connectivity index (χ0n) is 16.7. The quantitative estimate of drug-likeness (QED) is 0.645. The molecule has 3 aromatic rings. The van der Waals surface area contributed by atoms with Gasteiger partial charge in [0.05, 0.1) is 5.92 Å². The molecule has 0 saturated heterocycles. The number of carbonyl (C=O) groups is 1. The van der Waals surface area contributed by atoms with Crippen LogP contribution in [0.2, 0.25) is 0 Å². The summed E-state index contributed by atoms with van der Waals surface area (Å²) in [6.45, 7) is 6.84. The molecule has 2 aromatic carbocycles. The van der Waals surface area contributed by atoms with E-state index in [1.165, 1.54) is 0 Å². The summed E-state index contributed by atoms with van der Waals surface area (Å²) in [7, 11) is 0. The van der Waals surface area contributed by atoms with E-state index in [2.05, 4.69) is 34.8 Å². The smallest absolute Gasteiger partial charge is 0.229 e. The van der Waals surface area contributed by atoms with Crippen molar-refractivity contribution in [1.29, 1.82) is 0 Å². The highest BCUT2D eigenvalue weighted by Crippen LogP contribution is 2.22. The zero-order chi connectivity index (χ0) is 20.1. The van der Waals surface area contributed by atoms with E-state index in [1.54, 1.807) is 0 Å². The van der Waals surface area contributed by atoms with Crippen molar-refractivity contribution >= 4 is 11.6 Å². The Morgan fingerprint density at radius 1 is 1.11 bits per heavy atom. The number of carbonyl (C=O) groups excluding carboxylic acids is 1. The van der Waals surface area contributed by atoms with Gasteiger partial charge >= 0.3 is 0 Å². The summed E-state index contributed by atoms with van der Waals surface area (Å²) >= 11 is 0. The second-order valence-corrected chi connectivity index (χ2v) is 7.48. The number of nitrogens with two attached hydrogens (primary N) is 1. The Morgan fingerprint density at radius 3 is 2.57 bits per heavy atom. The number of imidazole rings is 1. The molecule has 0 radical (unpaired) electrons. The van der Waals surface area contributed by atoms with Gasteiger partial charge in [0.2, 0.25) is 5.91 Å². The van der Waals surface area contributed by atoms with Crippen LogP contribution in [0.5, 0.6) is 0 Å². The van der Waals surface area contributed by atoms with Gasteiger partial charge in [-0.25, -0.2) is 4.98 Å². The van der Waals surface area contributed by atoms with Crippen molar-refractivity contribution in [2.75, 3.05) is 5.32 Å². The number of hydrogen-bond acceptors (Lipinski definition) is 3. The predicted molar refractivity (Wildman–Crippen MR) is 113 cm³/mol. The van der Waals surface area contributed by atoms with Crippen molar-refractivity contribution in [2.24, 2.45) is 11.7 Å². The first-order valence-corrected chi connectivity index (χ1v) is 9.67. The maximum absolute atomic E-state index is 12.7. The fraction of sp³-hybridized carbons (Fsp3) is 0.304. The van der Waals surface area contributed by atoms with E-state index in [9.17, 15) is 4.79 Å². The van der Waals surface area contributed by atoms with Gasteiger partial charge in [0.1, 0.15) is 5.82 Å². The maximum Gasteiger partial charge on any atom is 0.229 e. The fourth-order valence-corrected chi connectivity index (χ4v) is 3.28. The number of nitrogens with zero attached hydrogens (tertiary/aromatic N) is 2. The monoisotopic (exact) mass is 376 g/mol. The SMILES string of the molecule is CC(C)c1nccn1Cc1cccc(NC(=O)C(C)C(N)c2ccccc2)c1. The average Bonchev–Trinajstić information content (AvgIpc) is 3.16. The molecule has 5 nitrogen and oxygen atoms in total. The van der Waals surface area contributed by atoms with E-state index in [-0.39, 0.29) is 17.9 Å². The summed E-state index contributed by atoms with van der Waals surface area (Å²) in [5, 5.41) is 3.01. The molecule has 1 amide bonds. The number of benzene rings is 2. The molecule has 3 rings (SSSR count). The molecule has 3 N–H and O–H groups in total. The van der Waals surface area contributed by atoms with E-state index in [0.717, 1.165) is 29.2 Å². The van der Waals surface area contributed by atoms with Crippen molar-refractivity contribution in [3.05, 3.63) is 83.9 Å². The van der Waals surface area contributed by atoms with Crippen LogP contribution in [0.1, 0.15) is 49.7 Å². The second-order valence-electron chi connectivity index (χ2n) is 7.48. The Labute approximate surface area is 166 Å². The summed E-state index contributed by atoms with van der Waals surface area (Å²) in [5.41, 5.74) is 9.13. The number of nitrogens with one attached hydrogen (secondary N) is 1. The number of anilines is 1. The number of hydrogen-bond donors (Lipinski definition) is 2. The normalized spacial score (nSPS) is 13.3. The Kier molecular flexibility index (Phi) is 6.26. The predicted octanol–water partition coefficient (Wildman–Crippen LogP) is 4.33. The molecule has 0 bridgehead atoms. The average molecular weight is 377 g/mol. The van der Waals surface area contributed by atoms with Crippen molar-refractivity contribution in [1.82, 2.24) is 9.55 Å². The molecule has 146 valence electrons. The van der Waals surface area contributed by atoms with Crippen LogP contribution in [-0.4, -0.2) is 15.5 Å². The minimum absolute atomic E-state index is 0.0843. The largest absolute Gasteiger partial charge is 0.330 e. The van der Waals surface area contributed by atoms with Gasteiger partial charge in [-0.05, 0) is 23.3 Å². The summed E-state index contributed by atoms with van der Waals surface area (Å²) in [6, 6.07) is 17.3. The van der Waals surface area contributed by atoms with E-state index in [0.29, 0.717) is 5.92 Å². The lowest BCUT2D eigenvalue weighted by atomic mass is 9.94. The van der Waals surface area contributed by atoms with Crippen LogP contribution in [0.15, 0.2) is 67.0 Å². The van der Waals surface area contributed by atoms with Gasteiger partial charge in [-0.2, -0.15) is 0 Å². The number of rotatable bonds is 7. The molecule has 2 atom stereocenters. The molecule has 5 heteroatoms. The molecule has 1 heterocycles. The van der Waals surface area contributed by atoms with Crippen LogP contribution in [0.3, 0.4) is 0 Å². The molecule has 0 aliphatic heterocycles. The van der Waals surface area contributed by atoms with Gasteiger partial charge in [0, 0.05) is 36.6 Å². The van der Waals surface area contributed by atoms with Crippen LogP contribution >= 0.6 is 0 Å². The van der Waals surface area contributed by atoms with Crippen molar-refractivity contribution in [2.45, 2.75) is 39.3 Å². The zero-order valence-corrected chi connectivity index (χ0v) is 16.7. The third-order valence-corrected chi connectivity index (χ3v) is 4.95. The minimum atomic E-state index is -0.344. The van der Waals surface area contributed by atoms with Gasteiger partial charge in [-0.15, -0.1) is 0 Å². The lowest BCUT2D eigenvalue weighted by Gasteiger charge is -2.20. The molecule has 1 aromatic heterocycles. The third-order valence-electron chi connectivity index (χ3n) is 4.95. The fourth-order valence-electron chi connectivity index (χ4n) is 3.28. The van der Waals surface area contributed by atoms with Crippen LogP contribution in [0.25, 0.3) is 0 Å². The lowest BCUT2D eigenvalue weighted by Crippen LogP contribution is -2.30. The second kappa shape index (κ2) is 8.85. The highest BCUT2D eigenvalue weighted by atomic mass is 16.1. The first kappa shape index (κ1) is 19.8. The third kappa shape index (κ3) is 4.67. The lowest BCUT2D eigenvalue weighted by molar-refractivity contribution is -0.120. The van der Waals surface area contributed by atoms with Crippen LogP contribution in [0.4, 0.5) is 5.69 Å². The maximum atomic E-state index is 12.7. The number of aromatic nitrogens is 2. The van der Waals surface area contributed by atoms with E-state index in [4.69, 9.17) is 5.73 Å². The highest BCUT2D eigenvalue weighted by Gasteiger charge is 2.22. The number of amides is 1. The van der Waals surface area contributed by atoms with Gasteiger partial charge < -0.3 is 15.6 Å². The van der Waals surface area contributed by atoms with Gasteiger partial charge in [-0.1, -0.05) is 63.2 Å². The van der Waals surface area contributed by atoms with E-state index in [1.807, 2.05) is 67.8 Å². The van der Waals surface area contributed by atoms with E-state index < -0.39 is 0 Å². The molecule has 0 saturated carbocycles. The molecule has 2 unspecified atom stereocenters. The van der Waals surface area contributed by atoms with Crippen LogP contribution in [0, 0.1) is 5.92 Å². The topological polar surface area (TPSA) is 72.9 Å². The highest BCUT2D eigenvalue weighted by molar-refractivity contribution is 5.92. The summed E-state index contributed by atoms with van der Waals surface area (Å²) in [5.74, 6) is 0.987.